The van der Waals surface area contributed by atoms with Gasteiger partial charge in [-0.15, -0.1) is 0 Å². The van der Waals surface area contributed by atoms with Crippen LogP contribution in [0.15, 0.2) is 48.5 Å². The zero-order valence-corrected chi connectivity index (χ0v) is 17.9. The molecular formula is C23H17F5N4O3. The van der Waals surface area contributed by atoms with E-state index in [9.17, 15) is 36.9 Å². The van der Waals surface area contributed by atoms with Gasteiger partial charge in [0, 0.05) is 55.2 Å². The number of nitro benzene ring substituents is 1. The molecule has 0 bridgehead atoms. The number of amides is 1. The van der Waals surface area contributed by atoms with E-state index in [0.717, 1.165) is 10.6 Å². The molecule has 0 spiro atoms. The predicted molar refractivity (Wildman–Crippen MR) is 118 cm³/mol. The number of rotatable bonds is 5. The Bertz CT molecular complexity index is 1250. The van der Waals surface area contributed by atoms with Crippen molar-refractivity contribution in [3.8, 4) is 0 Å². The standard InChI is InChI=1S/C23H17F5N4O3/c24-17-18(25)20(27)22(21(28)19(17)26)31-11-9-30(10-12-31)15-7-3-14(4-8-15)29-23(33)13-1-5-16(6-2-13)32(34)35/h1-8H,9-12H2,(H,29,33). The normalized spacial score (nSPS) is 13.6. The van der Waals surface area contributed by atoms with Crippen molar-refractivity contribution in [2.75, 3.05) is 41.3 Å². The van der Waals surface area contributed by atoms with Gasteiger partial charge in [-0.2, -0.15) is 0 Å². The van der Waals surface area contributed by atoms with Gasteiger partial charge >= 0.3 is 0 Å². The molecule has 3 aromatic carbocycles. The maximum Gasteiger partial charge on any atom is 0.269 e. The molecule has 0 unspecified atom stereocenters. The third-order valence-electron chi connectivity index (χ3n) is 5.61. The zero-order valence-electron chi connectivity index (χ0n) is 17.9. The minimum Gasteiger partial charge on any atom is -0.368 e. The van der Waals surface area contributed by atoms with E-state index in [1.54, 1.807) is 24.3 Å². The molecule has 1 fully saturated rings. The Hall–Kier alpha value is -4.22. The van der Waals surface area contributed by atoms with Crippen molar-refractivity contribution < 1.29 is 31.7 Å². The van der Waals surface area contributed by atoms with Gasteiger partial charge in [-0.1, -0.05) is 0 Å². The number of halogens is 5. The lowest BCUT2D eigenvalue weighted by Gasteiger charge is -2.37. The van der Waals surface area contributed by atoms with Gasteiger partial charge in [-0.3, -0.25) is 14.9 Å². The molecule has 0 aliphatic carbocycles. The van der Waals surface area contributed by atoms with Gasteiger partial charge in [0.2, 0.25) is 5.82 Å². The van der Waals surface area contributed by atoms with Crippen LogP contribution in [0.5, 0.6) is 0 Å². The van der Waals surface area contributed by atoms with Gasteiger partial charge in [-0.05, 0) is 36.4 Å². The molecule has 3 aromatic rings. The molecule has 7 nitrogen and oxygen atoms in total. The molecule has 0 radical (unpaired) electrons. The molecule has 1 heterocycles. The van der Waals surface area contributed by atoms with Gasteiger partial charge < -0.3 is 15.1 Å². The smallest absolute Gasteiger partial charge is 0.269 e. The molecular weight excluding hydrogens is 475 g/mol. The molecule has 1 N–H and O–H groups in total. The minimum atomic E-state index is -2.19. The number of hydrogen-bond acceptors (Lipinski definition) is 5. The van der Waals surface area contributed by atoms with Crippen LogP contribution in [0, 0.1) is 39.2 Å². The Kier molecular flexibility index (Phi) is 6.54. The second-order valence-corrected chi connectivity index (χ2v) is 7.70. The number of nitrogens with one attached hydrogen (secondary N) is 1. The van der Waals surface area contributed by atoms with Crippen molar-refractivity contribution in [3.05, 3.63) is 93.3 Å². The van der Waals surface area contributed by atoms with E-state index in [1.165, 1.54) is 24.3 Å². The topological polar surface area (TPSA) is 78.7 Å². The molecule has 0 aromatic heterocycles. The summed E-state index contributed by atoms with van der Waals surface area (Å²) in [4.78, 5) is 25.5. The number of carbonyl (C=O) groups excluding carboxylic acids is 1. The van der Waals surface area contributed by atoms with E-state index >= 15 is 0 Å². The van der Waals surface area contributed by atoms with Crippen LogP contribution in [0.1, 0.15) is 10.4 Å². The number of non-ortho nitro benzene ring substituents is 1. The first kappa shape index (κ1) is 23.9. The summed E-state index contributed by atoms with van der Waals surface area (Å²) in [5, 5.41) is 13.4. The van der Waals surface area contributed by atoms with Crippen molar-refractivity contribution in [2.24, 2.45) is 0 Å². The van der Waals surface area contributed by atoms with Crippen LogP contribution in [0.4, 0.5) is 44.7 Å². The monoisotopic (exact) mass is 492 g/mol. The van der Waals surface area contributed by atoms with Gasteiger partial charge in [0.25, 0.3) is 11.6 Å². The van der Waals surface area contributed by atoms with Crippen molar-refractivity contribution in [1.82, 2.24) is 0 Å². The summed E-state index contributed by atoms with van der Waals surface area (Å²) < 4.78 is 68.5. The van der Waals surface area contributed by atoms with Crippen molar-refractivity contribution >= 4 is 28.7 Å². The Morgan fingerprint density at radius 1 is 0.743 bits per heavy atom. The van der Waals surface area contributed by atoms with Gasteiger partial charge in [0.1, 0.15) is 5.69 Å². The fraction of sp³-hybridized carbons (Fsp3) is 0.174. The van der Waals surface area contributed by atoms with Crippen LogP contribution in [0.3, 0.4) is 0 Å². The summed E-state index contributed by atoms with van der Waals surface area (Å²) in [6.45, 7) is 0.565. The van der Waals surface area contributed by atoms with E-state index in [0.29, 0.717) is 5.69 Å². The van der Waals surface area contributed by atoms with Crippen LogP contribution < -0.4 is 15.1 Å². The third-order valence-corrected chi connectivity index (χ3v) is 5.61. The molecule has 12 heteroatoms. The molecule has 0 atom stereocenters. The molecule has 1 amide bonds. The quantitative estimate of drug-likeness (QED) is 0.181. The Morgan fingerprint density at radius 2 is 1.23 bits per heavy atom. The lowest BCUT2D eigenvalue weighted by molar-refractivity contribution is -0.384. The van der Waals surface area contributed by atoms with Gasteiger partial charge in [0.05, 0.1) is 4.92 Å². The molecule has 1 aliphatic heterocycles. The number of carbonyl (C=O) groups is 1. The Balaban J connectivity index is 1.39. The highest BCUT2D eigenvalue weighted by Gasteiger charge is 2.30. The van der Waals surface area contributed by atoms with E-state index in [-0.39, 0.29) is 37.4 Å². The highest BCUT2D eigenvalue weighted by molar-refractivity contribution is 6.04. The summed E-state index contributed by atoms with van der Waals surface area (Å²) in [7, 11) is 0. The first-order valence-corrected chi connectivity index (χ1v) is 10.3. The number of benzene rings is 3. The zero-order chi connectivity index (χ0) is 25.3. The number of anilines is 3. The summed E-state index contributed by atoms with van der Waals surface area (Å²) in [6, 6.07) is 11.8. The summed E-state index contributed by atoms with van der Waals surface area (Å²) >= 11 is 0. The molecule has 35 heavy (non-hydrogen) atoms. The van der Waals surface area contributed by atoms with Crippen LogP contribution in [-0.2, 0) is 0 Å². The van der Waals surface area contributed by atoms with Gasteiger partial charge in [0.15, 0.2) is 23.3 Å². The summed E-state index contributed by atoms with van der Waals surface area (Å²) in [6.07, 6.45) is 0. The average molecular weight is 492 g/mol. The van der Waals surface area contributed by atoms with Crippen molar-refractivity contribution in [1.29, 1.82) is 0 Å². The second kappa shape index (κ2) is 9.57. The third kappa shape index (κ3) is 4.72. The highest BCUT2D eigenvalue weighted by atomic mass is 19.2. The lowest BCUT2D eigenvalue weighted by Crippen LogP contribution is -2.47. The van der Waals surface area contributed by atoms with Crippen LogP contribution in [-0.4, -0.2) is 37.0 Å². The number of hydrogen-bond donors (Lipinski definition) is 1. The number of nitrogens with zero attached hydrogens (tertiary/aromatic N) is 3. The minimum absolute atomic E-state index is 0.0248. The first-order chi connectivity index (χ1) is 16.7. The predicted octanol–water partition coefficient (Wildman–Crippen LogP) is 4.87. The van der Waals surface area contributed by atoms with Crippen LogP contribution in [0.2, 0.25) is 0 Å². The van der Waals surface area contributed by atoms with E-state index in [2.05, 4.69) is 5.32 Å². The lowest BCUT2D eigenvalue weighted by atomic mass is 10.1. The largest absolute Gasteiger partial charge is 0.368 e. The highest BCUT2D eigenvalue weighted by Crippen LogP contribution is 2.31. The molecule has 1 saturated heterocycles. The van der Waals surface area contributed by atoms with Crippen molar-refractivity contribution in [3.63, 3.8) is 0 Å². The van der Waals surface area contributed by atoms with E-state index < -0.39 is 45.6 Å². The summed E-state index contributed by atoms with van der Waals surface area (Å²) in [5.41, 5.74) is 0.369. The number of piperazine rings is 1. The Labute approximate surface area is 195 Å². The van der Waals surface area contributed by atoms with Crippen LogP contribution in [0.25, 0.3) is 0 Å². The second-order valence-electron chi connectivity index (χ2n) is 7.70. The fourth-order valence-electron chi connectivity index (χ4n) is 3.75. The van der Waals surface area contributed by atoms with Crippen molar-refractivity contribution in [2.45, 2.75) is 0 Å². The maximum absolute atomic E-state index is 14.1. The Morgan fingerprint density at radius 3 is 1.74 bits per heavy atom. The first-order valence-electron chi connectivity index (χ1n) is 10.3. The van der Waals surface area contributed by atoms with Crippen LogP contribution >= 0.6 is 0 Å². The van der Waals surface area contributed by atoms with E-state index in [4.69, 9.17) is 0 Å². The fourth-order valence-corrected chi connectivity index (χ4v) is 3.75. The van der Waals surface area contributed by atoms with E-state index in [1.807, 2.05) is 4.90 Å². The molecule has 0 saturated carbocycles. The molecule has 1 aliphatic rings. The number of nitro groups is 1. The molecule has 182 valence electrons. The van der Waals surface area contributed by atoms with Gasteiger partial charge in [-0.25, -0.2) is 22.0 Å². The maximum atomic E-state index is 14.1. The summed E-state index contributed by atoms with van der Waals surface area (Å²) in [5.74, 6) is -10.3. The average Bonchev–Trinajstić information content (AvgIpc) is 2.87. The molecule has 4 rings (SSSR count). The SMILES string of the molecule is O=C(Nc1ccc(N2CCN(c3c(F)c(F)c(F)c(F)c3F)CC2)cc1)c1ccc([N+](=O)[O-])cc1.